The fourth-order valence-corrected chi connectivity index (χ4v) is 3.76. The Bertz CT molecular complexity index is 1350. The summed E-state index contributed by atoms with van der Waals surface area (Å²) in [4.78, 5) is 60.9. The van der Waals surface area contributed by atoms with E-state index in [4.69, 9.17) is 33.0 Å². The average Bonchev–Trinajstić information content (AvgIpc) is 2.91. The average molecular weight is 519 g/mol. The summed E-state index contributed by atoms with van der Waals surface area (Å²) < 4.78 is 0. The minimum absolute atomic E-state index is 0.0267. The summed E-state index contributed by atoms with van der Waals surface area (Å²) in [7, 11) is 0. The normalized spacial score (nSPS) is 10.4. The zero-order valence-corrected chi connectivity index (χ0v) is 20.0. The first-order valence-corrected chi connectivity index (χ1v) is 11.3. The first-order chi connectivity index (χ1) is 17.3. The maximum absolute atomic E-state index is 12.9. The molecular weight excluding hydrogens is 503 g/mol. The van der Waals surface area contributed by atoms with E-state index >= 15 is 0 Å². The highest BCUT2D eigenvalue weighted by atomic mass is 35.5. The van der Waals surface area contributed by atoms with Crippen molar-refractivity contribution in [2.45, 2.75) is 0 Å². The van der Waals surface area contributed by atoms with Gasteiger partial charge in [0.1, 0.15) is 0 Å². The molecule has 6 nitrogen and oxygen atoms in total. The molecular formula is C28H16Cl2O6. The van der Waals surface area contributed by atoms with Crippen molar-refractivity contribution in [2.24, 2.45) is 0 Å². The Labute approximate surface area is 215 Å². The van der Waals surface area contributed by atoms with Crippen molar-refractivity contribution < 1.29 is 29.0 Å². The first-order valence-electron chi connectivity index (χ1n) is 10.6. The molecule has 0 heterocycles. The summed E-state index contributed by atoms with van der Waals surface area (Å²) in [6.07, 6.45) is 0. The summed E-state index contributed by atoms with van der Waals surface area (Å²) in [5.74, 6) is -3.12. The van der Waals surface area contributed by atoms with Crippen molar-refractivity contribution in [2.75, 3.05) is 0 Å². The van der Waals surface area contributed by atoms with Gasteiger partial charge in [-0.05, 0) is 36.4 Å². The maximum Gasteiger partial charge on any atom is 0.387 e. The molecule has 0 saturated heterocycles. The van der Waals surface area contributed by atoms with Crippen molar-refractivity contribution in [3.63, 3.8) is 0 Å². The molecule has 0 bridgehead atoms. The van der Waals surface area contributed by atoms with Crippen molar-refractivity contribution in [1.82, 2.24) is 0 Å². The largest absolute Gasteiger partial charge is 0.387 e. The van der Waals surface area contributed by atoms with Crippen LogP contribution in [0.3, 0.4) is 0 Å². The van der Waals surface area contributed by atoms with E-state index in [9.17, 15) is 19.2 Å². The van der Waals surface area contributed by atoms with E-state index < -0.39 is 23.5 Å². The van der Waals surface area contributed by atoms with Crippen LogP contribution in [0, 0.1) is 0 Å². The zero-order valence-electron chi connectivity index (χ0n) is 18.4. The molecule has 0 N–H and O–H groups in total. The van der Waals surface area contributed by atoms with Crippen molar-refractivity contribution in [1.29, 1.82) is 0 Å². The Morgan fingerprint density at radius 2 is 0.833 bits per heavy atom. The minimum atomic E-state index is -1.09. The molecule has 0 fully saturated rings. The highest BCUT2D eigenvalue weighted by Crippen LogP contribution is 2.23. The lowest BCUT2D eigenvalue weighted by Gasteiger charge is -2.10. The summed E-state index contributed by atoms with van der Waals surface area (Å²) in [6.45, 7) is 0. The van der Waals surface area contributed by atoms with Crippen LogP contribution in [0.25, 0.3) is 0 Å². The van der Waals surface area contributed by atoms with Gasteiger partial charge in [-0.25, -0.2) is 19.4 Å². The van der Waals surface area contributed by atoms with E-state index in [0.717, 1.165) is 0 Å². The van der Waals surface area contributed by atoms with Gasteiger partial charge in [-0.15, -0.1) is 0 Å². The van der Waals surface area contributed by atoms with Crippen LogP contribution in [-0.4, -0.2) is 23.5 Å². The molecule has 0 spiro atoms. The van der Waals surface area contributed by atoms with Gasteiger partial charge in [0.05, 0.1) is 11.1 Å². The number of rotatable bonds is 6. The number of hydrogen-bond donors (Lipinski definition) is 0. The number of hydrogen-bond acceptors (Lipinski definition) is 6. The number of benzene rings is 4. The minimum Gasteiger partial charge on any atom is -0.289 e. The molecule has 0 aromatic heterocycles. The van der Waals surface area contributed by atoms with E-state index in [1.807, 2.05) is 0 Å². The van der Waals surface area contributed by atoms with Crippen LogP contribution < -0.4 is 0 Å². The van der Waals surface area contributed by atoms with Gasteiger partial charge >= 0.3 is 11.9 Å². The van der Waals surface area contributed by atoms with Crippen molar-refractivity contribution in [3.8, 4) is 0 Å². The second-order valence-electron chi connectivity index (χ2n) is 7.51. The summed E-state index contributed by atoms with van der Waals surface area (Å²) >= 11 is 12.1. The van der Waals surface area contributed by atoms with Crippen LogP contribution in [0.4, 0.5) is 0 Å². The smallest absolute Gasteiger partial charge is 0.289 e. The lowest BCUT2D eigenvalue weighted by atomic mass is 9.98. The highest BCUT2D eigenvalue weighted by Gasteiger charge is 2.25. The van der Waals surface area contributed by atoms with Gasteiger partial charge in [0.2, 0.25) is 0 Å². The van der Waals surface area contributed by atoms with E-state index in [1.165, 1.54) is 36.4 Å². The number of carbonyl (C=O) groups excluding carboxylic acids is 4. The number of ketones is 2. The third-order valence-corrected chi connectivity index (χ3v) is 5.63. The standard InChI is InChI=1S/C28H16Cl2O6/c29-19-11-13-21(23(15-19)25(31)17-7-3-1-4-8-17)27(33)35-36-28(34)22-14-12-20(30)16-24(22)26(32)18-9-5-2-6-10-18/h1-16H. The van der Waals surface area contributed by atoms with Crippen LogP contribution in [0.1, 0.15) is 52.6 Å². The molecule has 0 saturated carbocycles. The Morgan fingerprint density at radius 1 is 0.472 bits per heavy atom. The second-order valence-corrected chi connectivity index (χ2v) is 8.38. The monoisotopic (exact) mass is 518 g/mol. The van der Waals surface area contributed by atoms with Crippen LogP contribution in [0.15, 0.2) is 97.1 Å². The number of carbonyl (C=O) groups is 4. The molecule has 0 aliphatic heterocycles. The molecule has 0 aliphatic carbocycles. The molecule has 0 radical (unpaired) electrons. The molecule has 0 amide bonds. The number of halogens is 2. The first kappa shape index (κ1) is 24.9. The lowest BCUT2D eigenvalue weighted by molar-refractivity contribution is -0.187. The third kappa shape index (κ3) is 5.51. The van der Waals surface area contributed by atoms with Gasteiger partial charge in [-0.1, -0.05) is 83.9 Å². The molecule has 0 unspecified atom stereocenters. The Hall–Kier alpha value is -4.26. The Kier molecular flexibility index (Phi) is 7.59. The topological polar surface area (TPSA) is 86.7 Å². The second kappa shape index (κ2) is 11.0. The van der Waals surface area contributed by atoms with Crippen molar-refractivity contribution in [3.05, 3.63) is 140 Å². The SMILES string of the molecule is O=C(OOC(=O)c1ccc(Cl)cc1C(=O)c1ccccc1)c1ccc(Cl)cc1C(=O)c1ccccc1. The third-order valence-electron chi connectivity index (χ3n) is 5.16. The fraction of sp³-hybridized carbons (Fsp3) is 0. The lowest BCUT2D eigenvalue weighted by Crippen LogP contribution is -2.17. The van der Waals surface area contributed by atoms with Crippen LogP contribution in [0.5, 0.6) is 0 Å². The Morgan fingerprint density at radius 3 is 1.19 bits per heavy atom. The Balaban J connectivity index is 1.56. The van der Waals surface area contributed by atoms with E-state index in [1.54, 1.807) is 60.7 Å². The molecule has 4 aromatic carbocycles. The quantitative estimate of drug-likeness (QED) is 0.167. The van der Waals surface area contributed by atoms with E-state index in [-0.39, 0.29) is 32.3 Å². The van der Waals surface area contributed by atoms with E-state index in [0.29, 0.717) is 11.1 Å². The van der Waals surface area contributed by atoms with Gasteiger partial charge in [0.25, 0.3) is 0 Å². The molecule has 0 atom stereocenters. The van der Waals surface area contributed by atoms with Gasteiger partial charge in [-0.2, -0.15) is 0 Å². The maximum atomic E-state index is 12.9. The van der Waals surface area contributed by atoms with Gasteiger partial charge in [0, 0.05) is 32.3 Å². The molecule has 178 valence electrons. The summed E-state index contributed by atoms with van der Waals surface area (Å²) in [6, 6.07) is 24.6. The summed E-state index contributed by atoms with van der Waals surface area (Å²) in [5.41, 5.74) is 0.296. The predicted molar refractivity (Wildman–Crippen MR) is 133 cm³/mol. The van der Waals surface area contributed by atoms with Crippen molar-refractivity contribution >= 4 is 46.7 Å². The van der Waals surface area contributed by atoms with Crippen LogP contribution in [0.2, 0.25) is 10.0 Å². The van der Waals surface area contributed by atoms with E-state index in [2.05, 4.69) is 0 Å². The molecule has 36 heavy (non-hydrogen) atoms. The highest BCUT2D eigenvalue weighted by molar-refractivity contribution is 6.32. The summed E-state index contributed by atoms with van der Waals surface area (Å²) in [5, 5.41) is 0.459. The van der Waals surface area contributed by atoms with Gasteiger partial charge < -0.3 is 0 Å². The van der Waals surface area contributed by atoms with Crippen LogP contribution in [-0.2, 0) is 9.78 Å². The fourth-order valence-electron chi connectivity index (χ4n) is 3.42. The molecule has 0 aliphatic rings. The predicted octanol–water partition coefficient (Wildman–Crippen LogP) is 6.38. The van der Waals surface area contributed by atoms with Crippen LogP contribution >= 0.6 is 23.2 Å². The molecule has 4 aromatic rings. The zero-order chi connectivity index (χ0) is 25.7. The van der Waals surface area contributed by atoms with Gasteiger partial charge in [-0.3, -0.25) is 9.59 Å². The van der Waals surface area contributed by atoms with Gasteiger partial charge in [0.15, 0.2) is 11.6 Å². The molecule has 8 heteroatoms. The molecule has 4 rings (SSSR count).